The van der Waals surface area contributed by atoms with E-state index in [2.05, 4.69) is 55.8 Å². The van der Waals surface area contributed by atoms with E-state index < -0.39 is 0 Å². The minimum Gasteiger partial charge on any atom is -0.369 e. The number of fused-ring (bicyclic) bond motifs is 2. The summed E-state index contributed by atoms with van der Waals surface area (Å²) in [5, 5.41) is 0. The van der Waals surface area contributed by atoms with Crippen LogP contribution >= 0.6 is 15.9 Å². The Morgan fingerprint density at radius 1 is 1.19 bits per heavy atom. The summed E-state index contributed by atoms with van der Waals surface area (Å²) in [4.78, 5) is 4.52. The van der Waals surface area contributed by atoms with Crippen molar-refractivity contribution < 1.29 is 0 Å². The standard InChI is InChI=1S/C17H16BrN3/c18-12-8-9-14-16(10-12)21(17(19)20-14)15-7-3-5-11-4-1-2-6-13(11)15/h1-2,4,6,8-10,15H,3,5,7H2,(H2,19,20). The quantitative estimate of drug-likeness (QED) is 0.716. The molecule has 0 amide bonds. The molecule has 21 heavy (non-hydrogen) atoms. The van der Waals surface area contributed by atoms with Crippen molar-refractivity contribution in [1.29, 1.82) is 0 Å². The zero-order chi connectivity index (χ0) is 14.4. The Kier molecular flexibility index (Phi) is 3.00. The molecule has 1 atom stereocenters. The van der Waals surface area contributed by atoms with Crippen molar-refractivity contribution in [3.05, 3.63) is 58.1 Å². The van der Waals surface area contributed by atoms with Crippen molar-refractivity contribution in [2.75, 3.05) is 5.73 Å². The maximum absolute atomic E-state index is 6.23. The zero-order valence-corrected chi connectivity index (χ0v) is 13.2. The number of anilines is 1. The Hall–Kier alpha value is -1.81. The van der Waals surface area contributed by atoms with E-state index >= 15 is 0 Å². The maximum Gasteiger partial charge on any atom is 0.201 e. The van der Waals surface area contributed by atoms with Gasteiger partial charge in [0.25, 0.3) is 0 Å². The van der Waals surface area contributed by atoms with Crippen molar-refractivity contribution in [3.8, 4) is 0 Å². The first-order valence-corrected chi connectivity index (χ1v) is 8.04. The molecule has 0 radical (unpaired) electrons. The smallest absolute Gasteiger partial charge is 0.201 e. The second kappa shape index (κ2) is 4.88. The number of benzene rings is 2. The summed E-state index contributed by atoms with van der Waals surface area (Å²) in [6.07, 6.45) is 3.46. The largest absolute Gasteiger partial charge is 0.369 e. The molecule has 0 bridgehead atoms. The predicted octanol–water partition coefficient (Wildman–Crippen LogP) is 4.31. The molecule has 0 aliphatic heterocycles. The van der Waals surface area contributed by atoms with Gasteiger partial charge >= 0.3 is 0 Å². The molecule has 4 heteroatoms. The van der Waals surface area contributed by atoms with Gasteiger partial charge in [0, 0.05) is 4.47 Å². The number of rotatable bonds is 1. The van der Waals surface area contributed by atoms with Crippen LogP contribution in [-0.2, 0) is 6.42 Å². The van der Waals surface area contributed by atoms with E-state index in [9.17, 15) is 0 Å². The summed E-state index contributed by atoms with van der Waals surface area (Å²) in [7, 11) is 0. The summed E-state index contributed by atoms with van der Waals surface area (Å²) < 4.78 is 3.25. The summed E-state index contributed by atoms with van der Waals surface area (Å²) in [6.45, 7) is 0. The van der Waals surface area contributed by atoms with E-state index in [1.807, 2.05) is 12.1 Å². The molecular weight excluding hydrogens is 326 g/mol. The lowest BCUT2D eigenvalue weighted by Crippen LogP contribution is -2.18. The number of nitrogen functional groups attached to an aromatic ring is 1. The molecule has 1 aromatic heterocycles. The van der Waals surface area contributed by atoms with Crippen molar-refractivity contribution in [3.63, 3.8) is 0 Å². The Morgan fingerprint density at radius 3 is 2.95 bits per heavy atom. The van der Waals surface area contributed by atoms with Gasteiger partial charge in [0.05, 0.1) is 17.1 Å². The van der Waals surface area contributed by atoms with E-state index in [4.69, 9.17) is 5.73 Å². The Bertz CT molecular complexity index is 822. The van der Waals surface area contributed by atoms with E-state index in [0.717, 1.165) is 28.3 Å². The molecule has 3 aromatic rings. The Morgan fingerprint density at radius 2 is 2.05 bits per heavy atom. The highest BCUT2D eigenvalue weighted by molar-refractivity contribution is 9.10. The first kappa shape index (κ1) is 12.9. The SMILES string of the molecule is Nc1nc2ccc(Br)cc2n1C1CCCc2ccccc21. The molecule has 1 aliphatic rings. The van der Waals surface area contributed by atoms with E-state index in [0.29, 0.717) is 5.95 Å². The first-order valence-electron chi connectivity index (χ1n) is 7.25. The van der Waals surface area contributed by atoms with Gasteiger partial charge in [0.2, 0.25) is 5.95 Å². The van der Waals surface area contributed by atoms with E-state index in [1.165, 1.54) is 17.5 Å². The number of hydrogen-bond donors (Lipinski definition) is 1. The molecule has 0 spiro atoms. The third-order valence-electron chi connectivity index (χ3n) is 4.33. The van der Waals surface area contributed by atoms with Crippen LogP contribution in [0.2, 0.25) is 0 Å². The first-order chi connectivity index (χ1) is 10.2. The average molecular weight is 342 g/mol. The second-order valence-corrected chi connectivity index (χ2v) is 6.50. The highest BCUT2D eigenvalue weighted by atomic mass is 79.9. The molecule has 1 unspecified atom stereocenters. The normalized spacial score (nSPS) is 17.9. The molecule has 0 saturated heterocycles. The summed E-state index contributed by atoms with van der Waals surface area (Å²) in [5.74, 6) is 0.602. The highest BCUT2D eigenvalue weighted by Gasteiger charge is 2.24. The van der Waals surface area contributed by atoms with Crippen molar-refractivity contribution in [1.82, 2.24) is 9.55 Å². The van der Waals surface area contributed by atoms with Gasteiger partial charge in [0.15, 0.2) is 0 Å². The zero-order valence-electron chi connectivity index (χ0n) is 11.6. The fourth-order valence-corrected chi connectivity index (χ4v) is 3.76. The van der Waals surface area contributed by atoms with Gasteiger partial charge in [0.1, 0.15) is 0 Å². The average Bonchev–Trinajstić information content (AvgIpc) is 2.82. The number of halogens is 1. The molecule has 4 rings (SSSR count). The minimum absolute atomic E-state index is 0.286. The summed E-state index contributed by atoms with van der Waals surface area (Å²) in [6, 6.07) is 15.1. The van der Waals surface area contributed by atoms with Crippen molar-refractivity contribution in [2.45, 2.75) is 25.3 Å². The van der Waals surface area contributed by atoms with Crippen LogP contribution in [0.15, 0.2) is 46.9 Å². The van der Waals surface area contributed by atoms with Crippen molar-refractivity contribution >= 4 is 32.9 Å². The number of imidazole rings is 1. The van der Waals surface area contributed by atoms with E-state index in [-0.39, 0.29) is 6.04 Å². The van der Waals surface area contributed by atoms with Gasteiger partial charge in [-0.15, -0.1) is 0 Å². The lowest BCUT2D eigenvalue weighted by molar-refractivity contribution is 0.504. The van der Waals surface area contributed by atoms with Crippen LogP contribution in [0.5, 0.6) is 0 Å². The maximum atomic E-state index is 6.23. The van der Waals surface area contributed by atoms with Crippen LogP contribution in [0.3, 0.4) is 0 Å². The topological polar surface area (TPSA) is 43.8 Å². The molecule has 1 aliphatic carbocycles. The second-order valence-electron chi connectivity index (χ2n) is 5.58. The molecule has 0 saturated carbocycles. The Labute approximate surface area is 131 Å². The molecule has 0 fully saturated rings. The minimum atomic E-state index is 0.286. The Balaban J connectivity index is 1.95. The molecule has 3 nitrogen and oxygen atoms in total. The molecule has 2 aromatic carbocycles. The molecular formula is C17H16BrN3. The molecule has 1 heterocycles. The number of aromatic nitrogens is 2. The van der Waals surface area contributed by atoms with E-state index in [1.54, 1.807) is 0 Å². The van der Waals surface area contributed by atoms with Gasteiger partial charge in [-0.1, -0.05) is 40.2 Å². The van der Waals surface area contributed by atoms with Gasteiger partial charge < -0.3 is 10.3 Å². The van der Waals surface area contributed by atoms with Gasteiger partial charge in [-0.3, -0.25) is 0 Å². The highest BCUT2D eigenvalue weighted by Crippen LogP contribution is 2.37. The van der Waals surface area contributed by atoms with Crippen LogP contribution < -0.4 is 5.73 Å². The number of aryl methyl sites for hydroxylation is 1. The molecule has 2 N–H and O–H groups in total. The van der Waals surface area contributed by atoms with Crippen LogP contribution in [-0.4, -0.2) is 9.55 Å². The van der Waals surface area contributed by atoms with Gasteiger partial charge in [-0.05, 0) is 48.6 Å². The monoisotopic (exact) mass is 341 g/mol. The molecule has 106 valence electrons. The summed E-state index contributed by atoms with van der Waals surface area (Å²) in [5.41, 5.74) is 11.1. The lowest BCUT2D eigenvalue weighted by Gasteiger charge is -2.27. The van der Waals surface area contributed by atoms with Crippen LogP contribution in [0.4, 0.5) is 5.95 Å². The third kappa shape index (κ3) is 2.05. The fraction of sp³-hybridized carbons (Fsp3) is 0.235. The predicted molar refractivity (Wildman–Crippen MR) is 89.4 cm³/mol. The lowest BCUT2D eigenvalue weighted by atomic mass is 9.87. The number of nitrogens with two attached hydrogens (primary N) is 1. The summed E-state index contributed by atoms with van der Waals surface area (Å²) >= 11 is 3.55. The van der Waals surface area contributed by atoms with Crippen LogP contribution in [0.25, 0.3) is 11.0 Å². The number of hydrogen-bond acceptors (Lipinski definition) is 2. The van der Waals surface area contributed by atoms with Crippen LogP contribution in [0.1, 0.15) is 30.0 Å². The van der Waals surface area contributed by atoms with Crippen molar-refractivity contribution in [2.24, 2.45) is 0 Å². The van der Waals surface area contributed by atoms with Gasteiger partial charge in [-0.25, -0.2) is 4.98 Å². The van der Waals surface area contributed by atoms with Crippen LogP contribution in [0, 0.1) is 0 Å². The van der Waals surface area contributed by atoms with Gasteiger partial charge in [-0.2, -0.15) is 0 Å². The number of nitrogens with zero attached hydrogens (tertiary/aromatic N) is 2. The fourth-order valence-electron chi connectivity index (χ4n) is 3.41. The third-order valence-corrected chi connectivity index (χ3v) is 4.82.